The van der Waals surface area contributed by atoms with E-state index in [9.17, 15) is 0 Å². The first-order valence-corrected chi connectivity index (χ1v) is 8.39. The van der Waals surface area contributed by atoms with Gasteiger partial charge in [-0.25, -0.2) is 0 Å². The smallest absolute Gasteiger partial charge is 0.226 e. The molecule has 5 nitrogen and oxygen atoms in total. The summed E-state index contributed by atoms with van der Waals surface area (Å²) in [5.41, 5.74) is 1.06. The lowest BCUT2D eigenvalue weighted by molar-refractivity contribution is 0.142. The van der Waals surface area contributed by atoms with Crippen molar-refractivity contribution in [1.82, 2.24) is 15.1 Å². The van der Waals surface area contributed by atoms with Gasteiger partial charge in [0.1, 0.15) is 0 Å². The molecule has 4 rings (SSSR count). The van der Waals surface area contributed by atoms with E-state index in [0.717, 1.165) is 43.6 Å². The molecule has 0 amide bonds. The first-order valence-electron chi connectivity index (χ1n) is 8.01. The first-order chi connectivity index (χ1) is 11.2. The van der Waals surface area contributed by atoms with Crippen molar-refractivity contribution in [2.24, 2.45) is 5.92 Å². The lowest BCUT2D eigenvalue weighted by atomic mass is 9.81. The average molecular weight is 334 g/mol. The summed E-state index contributed by atoms with van der Waals surface area (Å²) in [6, 6.07) is 8.05. The van der Waals surface area contributed by atoms with E-state index in [0.29, 0.717) is 18.4 Å². The zero-order valence-electron chi connectivity index (χ0n) is 13.2. The molecule has 0 unspecified atom stereocenters. The normalized spacial score (nSPS) is 27.5. The van der Waals surface area contributed by atoms with E-state index in [-0.39, 0.29) is 5.41 Å². The third-order valence-corrected chi connectivity index (χ3v) is 5.42. The number of nitrogens with zero attached hydrogens (tertiary/aromatic N) is 3. The van der Waals surface area contributed by atoms with Gasteiger partial charge in [0, 0.05) is 37.5 Å². The summed E-state index contributed by atoms with van der Waals surface area (Å²) in [5.74, 6) is 1.78. The molecule has 2 atom stereocenters. The highest BCUT2D eigenvalue weighted by atomic mass is 35.5. The Balaban J connectivity index is 1.48. The maximum absolute atomic E-state index is 6.26. The zero-order chi connectivity index (χ0) is 15.9. The largest absolute Gasteiger partial charge is 0.425 e. The number of likely N-dealkylation sites (tertiary alicyclic amines) is 1. The number of aryl methyl sites for hydroxylation is 1. The van der Waals surface area contributed by atoms with Gasteiger partial charge in [0.2, 0.25) is 11.8 Å². The molecule has 23 heavy (non-hydrogen) atoms. The molecule has 2 aliphatic rings. The molecule has 1 aromatic heterocycles. The molecule has 0 aliphatic carbocycles. The third-order valence-electron chi connectivity index (χ3n) is 5.05. The van der Waals surface area contributed by atoms with Crippen LogP contribution in [0.2, 0.25) is 5.02 Å². The minimum Gasteiger partial charge on any atom is -0.425 e. The van der Waals surface area contributed by atoms with Gasteiger partial charge >= 0.3 is 0 Å². The van der Waals surface area contributed by atoms with Crippen molar-refractivity contribution in [3.05, 3.63) is 46.6 Å². The highest BCUT2D eigenvalue weighted by molar-refractivity contribution is 6.31. The van der Waals surface area contributed by atoms with Gasteiger partial charge in [0.05, 0.1) is 18.6 Å². The van der Waals surface area contributed by atoms with Crippen molar-refractivity contribution in [3.8, 4) is 0 Å². The summed E-state index contributed by atoms with van der Waals surface area (Å²) in [5, 5.41) is 9.14. The summed E-state index contributed by atoms with van der Waals surface area (Å²) in [4.78, 5) is 2.47. The molecule has 2 aliphatic heterocycles. The molecule has 0 spiro atoms. The maximum atomic E-state index is 6.26. The monoisotopic (exact) mass is 333 g/mol. The van der Waals surface area contributed by atoms with Crippen molar-refractivity contribution < 1.29 is 9.15 Å². The molecule has 0 radical (unpaired) electrons. The van der Waals surface area contributed by atoms with Crippen molar-refractivity contribution in [2.75, 3.05) is 32.8 Å². The fourth-order valence-corrected chi connectivity index (χ4v) is 4.02. The number of hydrogen-bond donors (Lipinski definition) is 0. The van der Waals surface area contributed by atoms with Crippen LogP contribution in [0.25, 0.3) is 0 Å². The molecular formula is C17H20ClN3O2. The summed E-state index contributed by atoms with van der Waals surface area (Å²) in [6.07, 6.45) is 0.951. The van der Waals surface area contributed by atoms with E-state index in [1.165, 1.54) is 5.56 Å². The third kappa shape index (κ3) is 2.67. The molecule has 6 heteroatoms. The molecule has 1 aromatic carbocycles. The fourth-order valence-electron chi connectivity index (χ4n) is 3.79. The second kappa shape index (κ2) is 5.89. The van der Waals surface area contributed by atoms with Crippen LogP contribution in [-0.4, -0.2) is 47.9 Å². The number of hydrogen-bond acceptors (Lipinski definition) is 5. The lowest BCUT2D eigenvalue weighted by Crippen LogP contribution is -2.36. The van der Waals surface area contributed by atoms with Gasteiger partial charge in [-0.15, -0.1) is 10.2 Å². The van der Waals surface area contributed by atoms with Crippen LogP contribution in [0.5, 0.6) is 0 Å². The van der Waals surface area contributed by atoms with E-state index < -0.39 is 0 Å². The summed E-state index contributed by atoms with van der Waals surface area (Å²) in [6.45, 7) is 6.17. The molecule has 2 fully saturated rings. The molecule has 3 heterocycles. The molecule has 0 N–H and O–H groups in total. The van der Waals surface area contributed by atoms with Crippen molar-refractivity contribution in [3.63, 3.8) is 0 Å². The molecule has 0 saturated carbocycles. The molecule has 122 valence electrons. The highest BCUT2D eigenvalue weighted by Gasteiger charge is 2.55. The summed E-state index contributed by atoms with van der Waals surface area (Å²) < 4.78 is 11.5. The minimum absolute atomic E-state index is 0.137. The molecule has 2 aromatic rings. The average Bonchev–Trinajstić information content (AvgIpc) is 3.20. The number of aromatic nitrogens is 2. The lowest BCUT2D eigenvalue weighted by Gasteiger charge is -2.23. The Morgan fingerprint density at radius 3 is 3.00 bits per heavy atom. The van der Waals surface area contributed by atoms with E-state index in [4.69, 9.17) is 20.8 Å². The Morgan fingerprint density at radius 1 is 1.35 bits per heavy atom. The number of ether oxygens (including phenoxy) is 1. The van der Waals surface area contributed by atoms with Gasteiger partial charge < -0.3 is 14.1 Å². The zero-order valence-corrected chi connectivity index (χ0v) is 13.9. The van der Waals surface area contributed by atoms with Gasteiger partial charge in [0.25, 0.3) is 0 Å². The topological polar surface area (TPSA) is 51.4 Å². The quantitative estimate of drug-likeness (QED) is 0.860. The van der Waals surface area contributed by atoms with Crippen molar-refractivity contribution in [2.45, 2.75) is 18.8 Å². The number of fused-ring (bicyclic) bond motifs is 1. The molecule has 0 bridgehead atoms. The van der Waals surface area contributed by atoms with Crippen LogP contribution in [0.1, 0.15) is 17.3 Å². The van der Waals surface area contributed by atoms with Crippen LogP contribution in [0, 0.1) is 12.8 Å². The number of benzene rings is 1. The van der Waals surface area contributed by atoms with E-state index >= 15 is 0 Å². The van der Waals surface area contributed by atoms with Gasteiger partial charge in [-0.3, -0.25) is 0 Å². The van der Waals surface area contributed by atoms with Gasteiger partial charge in [0.15, 0.2) is 0 Å². The second-order valence-electron chi connectivity index (χ2n) is 6.57. The van der Waals surface area contributed by atoms with E-state index in [2.05, 4.69) is 21.2 Å². The summed E-state index contributed by atoms with van der Waals surface area (Å²) in [7, 11) is 0. The Bertz CT molecular complexity index is 705. The minimum atomic E-state index is -0.137. The Kier molecular flexibility index (Phi) is 3.87. The maximum Gasteiger partial charge on any atom is 0.226 e. The van der Waals surface area contributed by atoms with Gasteiger partial charge in [-0.05, 0) is 18.1 Å². The van der Waals surface area contributed by atoms with E-state index in [1.807, 2.05) is 25.1 Å². The standard InChI is InChI=1S/C17H20ClN3O2/c1-12-19-20-16(23-12)17-10-21(8-14(17)9-22-11-17)7-6-13-4-2-3-5-15(13)18/h2-5,14H,6-11H2,1H3/t14-,17-/m0/s1. The highest BCUT2D eigenvalue weighted by Crippen LogP contribution is 2.43. The Hall–Kier alpha value is -1.43. The van der Waals surface area contributed by atoms with Gasteiger partial charge in [-0.1, -0.05) is 29.8 Å². The SMILES string of the molecule is Cc1nnc([C@@]23COC[C@@H]2CN(CCc2ccccc2Cl)C3)o1. The predicted octanol–water partition coefficient (Wildman–Crippen LogP) is 2.47. The number of halogens is 1. The van der Waals surface area contributed by atoms with Gasteiger partial charge in [-0.2, -0.15) is 0 Å². The van der Waals surface area contributed by atoms with Crippen molar-refractivity contribution >= 4 is 11.6 Å². The van der Waals surface area contributed by atoms with Crippen LogP contribution >= 0.6 is 11.6 Å². The van der Waals surface area contributed by atoms with E-state index in [1.54, 1.807) is 0 Å². The summed E-state index contributed by atoms with van der Waals surface area (Å²) >= 11 is 6.26. The number of rotatable bonds is 4. The predicted molar refractivity (Wildman–Crippen MR) is 86.6 cm³/mol. The van der Waals surface area contributed by atoms with Crippen LogP contribution in [0.3, 0.4) is 0 Å². The first kappa shape index (κ1) is 15.1. The van der Waals surface area contributed by atoms with Crippen LogP contribution < -0.4 is 0 Å². The Morgan fingerprint density at radius 2 is 2.22 bits per heavy atom. The van der Waals surface area contributed by atoms with Crippen LogP contribution in [-0.2, 0) is 16.6 Å². The molecular weight excluding hydrogens is 314 g/mol. The van der Waals surface area contributed by atoms with Crippen molar-refractivity contribution in [1.29, 1.82) is 0 Å². The fraction of sp³-hybridized carbons (Fsp3) is 0.529. The second-order valence-corrected chi connectivity index (χ2v) is 6.98. The molecule has 2 saturated heterocycles. The Labute approximate surface area is 140 Å². The van der Waals surface area contributed by atoms with Crippen LogP contribution in [0.15, 0.2) is 28.7 Å². The van der Waals surface area contributed by atoms with Crippen LogP contribution in [0.4, 0.5) is 0 Å².